The molecule has 0 aliphatic heterocycles. The zero-order valence-corrected chi connectivity index (χ0v) is 6.82. The molecule has 2 aromatic rings. The summed E-state index contributed by atoms with van der Waals surface area (Å²) in [5.41, 5.74) is 1.14. The van der Waals surface area contributed by atoms with Crippen LogP contribution >= 0.6 is 0 Å². The van der Waals surface area contributed by atoms with Crippen molar-refractivity contribution in [2.24, 2.45) is 0 Å². The van der Waals surface area contributed by atoms with Crippen LogP contribution in [0.3, 0.4) is 0 Å². The summed E-state index contributed by atoms with van der Waals surface area (Å²) in [7, 11) is 0. The van der Waals surface area contributed by atoms with Gasteiger partial charge in [0.1, 0.15) is 5.65 Å². The SMILES string of the molecule is FC(F)Cc1cn2ccccc2n1. The first-order valence-electron chi connectivity index (χ1n) is 3.96. The molecule has 0 saturated heterocycles. The third-order valence-electron chi connectivity index (χ3n) is 1.78. The van der Waals surface area contributed by atoms with Crippen molar-refractivity contribution in [3.63, 3.8) is 0 Å². The summed E-state index contributed by atoms with van der Waals surface area (Å²) >= 11 is 0. The molecule has 0 N–H and O–H groups in total. The van der Waals surface area contributed by atoms with E-state index in [9.17, 15) is 8.78 Å². The van der Waals surface area contributed by atoms with Crippen molar-refractivity contribution < 1.29 is 8.78 Å². The first-order chi connectivity index (χ1) is 6.25. The maximum atomic E-state index is 12.0. The second-order valence-electron chi connectivity index (χ2n) is 2.79. The van der Waals surface area contributed by atoms with Gasteiger partial charge in [0.2, 0.25) is 6.43 Å². The molecule has 0 saturated carbocycles. The lowest BCUT2D eigenvalue weighted by Gasteiger charge is -1.90. The van der Waals surface area contributed by atoms with E-state index in [1.165, 1.54) is 0 Å². The number of hydrogen-bond donors (Lipinski definition) is 0. The average molecular weight is 182 g/mol. The van der Waals surface area contributed by atoms with Gasteiger partial charge in [0.15, 0.2) is 0 Å². The fraction of sp³-hybridized carbons (Fsp3) is 0.222. The highest BCUT2D eigenvalue weighted by molar-refractivity contribution is 5.39. The van der Waals surface area contributed by atoms with Crippen molar-refractivity contribution in [3.05, 3.63) is 36.3 Å². The topological polar surface area (TPSA) is 17.3 Å². The maximum absolute atomic E-state index is 12.0. The lowest BCUT2D eigenvalue weighted by Crippen LogP contribution is -1.96. The number of alkyl halides is 2. The molecule has 0 bridgehead atoms. The molecule has 4 heteroatoms. The van der Waals surface area contributed by atoms with E-state index < -0.39 is 6.43 Å². The average Bonchev–Trinajstić information content (AvgIpc) is 2.44. The van der Waals surface area contributed by atoms with Crippen molar-refractivity contribution >= 4 is 5.65 Å². The Morgan fingerprint density at radius 2 is 2.23 bits per heavy atom. The van der Waals surface area contributed by atoms with Gasteiger partial charge in [-0.3, -0.25) is 0 Å². The van der Waals surface area contributed by atoms with Crippen LogP contribution in [-0.2, 0) is 6.42 Å². The highest BCUT2D eigenvalue weighted by atomic mass is 19.3. The number of imidazole rings is 1. The van der Waals surface area contributed by atoms with E-state index in [-0.39, 0.29) is 6.42 Å². The first kappa shape index (κ1) is 8.16. The minimum Gasteiger partial charge on any atom is -0.307 e. The van der Waals surface area contributed by atoms with Gasteiger partial charge in [-0.25, -0.2) is 13.8 Å². The molecule has 13 heavy (non-hydrogen) atoms. The lowest BCUT2D eigenvalue weighted by atomic mass is 10.3. The summed E-state index contributed by atoms with van der Waals surface area (Å²) in [4.78, 5) is 4.04. The van der Waals surface area contributed by atoms with Crippen LogP contribution < -0.4 is 0 Å². The van der Waals surface area contributed by atoms with Crippen molar-refractivity contribution in [2.45, 2.75) is 12.8 Å². The fourth-order valence-corrected chi connectivity index (χ4v) is 1.24. The van der Waals surface area contributed by atoms with Crippen molar-refractivity contribution in [3.8, 4) is 0 Å². The molecule has 68 valence electrons. The zero-order chi connectivity index (χ0) is 9.26. The van der Waals surface area contributed by atoms with E-state index in [0.29, 0.717) is 11.3 Å². The number of hydrogen-bond acceptors (Lipinski definition) is 1. The molecule has 0 fully saturated rings. The van der Waals surface area contributed by atoms with Crippen molar-refractivity contribution in [2.75, 3.05) is 0 Å². The minimum atomic E-state index is -2.33. The Morgan fingerprint density at radius 3 is 2.92 bits per heavy atom. The number of fused-ring (bicyclic) bond motifs is 1. The van der Waals surface area contributed by atoms with Crippen LogP contribution in [0.25, 0.3) is 5.65 Å². The van der Waals surface area contributed by atoms with Gasteiger partial charge in [0.05, 0.1) is 12.1 Å². The van der Waals surface area contributed by atoms with Crippen LogP contribution in [0.1, 0.15) is 5.69 Å². The van der Waals surface area contributed by atoms with Gasteiger partial charge in [-0.15, -0.1) is 0 Å². The van der Waals surface area contributed by atoms with E-state index in [2.05, 4.69) is 4.98 Å². The molecule has 0 radical (unpaired) electrons. The Hall–Kier alpha value is -1.45. The molecular formula is C9H8F2N2. The number of halogens is 2. The highest BCUT2D eigenvalue weighted by Gasteiger charge is 2.07. The third-order valence-corrected chi connectivity index (χ3v) is 1.78. The van der Waals surface area contributed by atoms with E-state index in [1.54, 1.807) is 22.9 Å². The standard InChI is InChI=1S/C9H8F2N2/c10-8(11)5-7-6-13-4-2-1-3-9(13)12-7/h1-4,6,8H,5H2. The number of nitrogens with zero attached hydrogens (tertiary/aromatic N) is 2. The number of pyridine rings is 1. The van der Waals surface area contributed by atoms with Crippen LogP contribution in [0.4, 0.5) is 8.78 Å². The van der Waals surface area contributed by atoms with Crippen LogP contribution in [-0.4, -0.2) is 15.8 Å². The molecular weight excluding hydrogens is 174 g/mol. The Morgan fingerprint density at radius 1 is 1.38 bits per heavy atom. The summed E-state index contributed by atoms with van der Waals surface area (Å²) < 4.78 is 25.7. The second kappa shape index (κ2) is 3.12. The molecule has 2 aromatic heterocycles. The Kier molecular flexibility index (Phi) is 1.96. The van der Waals surface area contributed by atoms with Gasteiger partial charge < -0.3 is 4.40 Å². The normalized spacial score (nSPS) is 11.3. The summed E-state index contributed by atoms with van der Waals surface area (Å²) in [5.74, 6) is 0. The highest BCUT2D eigenvalue weighted by Crippen LogP contribution is 2.08. The Balaban J connectivity index is 2.38. The van der Waals surface area contributed by atoms with Crippen molar-refractivity contribution in [1.82, 2.24) is 9.38 Å². The zero-order valence-electron chi connectivity index (χ0n) is 6.82. The molecule has 0 spiro atoms. The smallest absolute Gasteiger partial charge is 0.244 e. The maximum Gasteiger partial charge on any atom is 0.244 e. The van der Waals surface area contributed by atoms with E-state index in [4.69, 9.17) is 0 Å². The monoisotopic (exact) mass is 182 g/mol. The van der Waals surface area contributed by atoms with Crippen LogP contribution in [0.15, 0.2) is 30.6 Å². The molecule has 0 aromatic carbocycles. The van der Waals surface area contributed by atoms with Gasteiger partial charge >= 0.3 is 0 Å². The molecule has 0 amide bonds. The van der Waals surface area contributed by atoms with Crippen LogP contribution in [0.5, 0.6) is 0 Å². The quantitative estimate of drug-likeness (QED) is 0.695. The van der Waals surface area contributed by atoms with E-state index in [0.717, 1.165) is 0 Å². The predicted molar refractivity (Wildman–Crippen MR) is 44.9 cm³/mol. The van der Waals surface area contributed by atoms with Gasteiger partial charge in [0, 0.05) is 12.4 Å². The van der Waals surface area contributed by atoms with Crippen molar-refractivity contribution in [1.29, 1.82) is 0 Å². The molecule has 0 unspecified atom stereocenters. The first-order valence-corrected chi connectivity index (χ1v) is 3.96. The largest absolute Gasteiger partial charge is 0.307 e. The van der Waals surface area contributed by atoms with Gasteiger partial charge in [-0.05, 0) is 12.1 Å². The van der Waals surface area contributed by atoms with Crippen LogP contribution in [0, 0.1) is 0 Å². The molecule has 0 aliphatic carbocycles. The minimum absolute atomic E-state index is 0.276. The third kappa shape index (κ3) is 1.66. The molecule has 2 heterocycles. The molecule has 2 rings (SSSR count). The second-order valence-corrected chi connectivity index (χ2v) is 2.79. The van der Waals surface area contributed by atoms with Gasteiger partial charge in [0.25, 0.3) is 0 Å². The number of aromatic nitrogens is 2. The van der Waals surface area contributed by atoms with E-state index in [1.807, 2.05) is 12.1 Å². The summed E-state index contributed by atoms with van der Waals surface area (Å²) in [6, 6.07) is 5.45. The lowest BCUT2D eigenvalue weighted by molar-refractivity contribution is 0.148. The Labute approximate surface area is 73.8 Å². The Bertz CT molecular complexity index is 376. The number of rotatable bonds is 2. The summed E-state index contributed by atoms with van der Waals surface area (Å²) in [5, 5.41) is 0. The predicted octanol–water partition coefficient (Wildman–Crippen LogP) is 2.14. The fourth-order valence-electron chi connectivity index (χ4n) is 1.24. The summed E-state index contributed by atoms with van der Waals surface area (Å²) in [6.07, 6.45) is 0.811. The van der Waals surface area contributed by atoms with Gasteiger partial charge in [-0.2, -0.15) is 0 Å². The van der Waals surface area contributed by atoms with Gasteiger partial charge in [-0.1, -0.05) is 6.07 Å². The van der Waals surface area contributed by atoms with E-state index >= 15 is 0 Å². The molecule has 2 nitrogen and oxygen atoms in total. The van der Waals surface area contributed by atoms with Crippen LogP contribution in [0.2, 0.25) is 0 Å². The summed E-state index contributed by atoms with van der Waals surface area (Å²) in [6.45, 7) is 0. The molecule has 0 aliphatic rings. The molecule has 0 atom stereocenters.